The summed E-state index contributed by atoms with van der Waals surface area (Å²) < 4.78 is 5.36. The lowest BCUT2D eigenvalue weighted by Crippen LogP contribution is -2.12. The maximum Gasteiger partial charge on any atom is 0.338 e. The molecule has 0 radical (unpaired) electrons. The van der Waals surface area contributed by atoms with Crippen LogP contribution in [-0.4, -0.2) is 26.7 Å². The van der Waals surface area contributed by atoms with Gasteiger partial charge in [0.2, 0.25) is 0 Å². The predicted molar refractivity (Wildman–Crippen MR) is 84.6 cm³/mol. The van der Waals surface area contributed by atoms with E-state index in [0.29, 0.717) is 12.2 Å². The number of anilines is 1. The van der Waals surface area contributed by atoms with E-state index in [1.807, 2.05) is 31.1 Å². The van der Waals surface area contributed by atoms with Gasteiger partial charge in [0.05, 0.1) is 12.2 Å². The van der Waals surface area contributed by atoms with Crippen molar-refractivity contribution in [3.8, 4) is 0 Å². The summed E-state index contributed by atoms with van der Waals surface area (Å²) in [5, 5.41) is 0. The van der Waals surface area contributed by atoms with Crippen LogP contribution in [0.3, 0.4) is 0 Å². The van der Waals surface area contributed by atoms with Gasteiger partial charge in [-0.15, -0.1) is 0 Å². The van der Waals surface area contributed by atoms with Gasteiger partial charge in [-0.1, -0.05) is 33.1 Å². The summed E-state index contributed by atoms with van der Waals surface area (Å²) in [4.78, 5) is 14.1. The van der Waals surface area contributed by atoms with E-state index < -0.39 is 0 Å². The molecule has 1 rings (SSSR count). The Balaban J connectivity index is 2.63. The molecule has 0 saturated carbocycles. The fraction of sp³-hybridized carbons (Fsp3) is 0.588. The van der Waals surface area contributed by atoms with Crippen molar-refractivity contribution in [2.24, 2.45) is 0 Å². The summed E-state index contributed by atoms with van der Waals surface area (Å²) in [7, 11) is 4.00. The van der Waals surface area contributed by atoms with Gasteiger partial charge in [-0.05, 0) is 36.6 Å². The first kappa shape index (κ1) is 16.5. The van der Waals surface area contributed by atoms with E-state index in [0.717, 1.165) is 30.5 Å². The number of hydrogen-bond donors (Lipinski definition) is 0. The molecule has 1 aromatic carbocycles. The number of unbranched alkanes of at least 4 members (excludes halogenated alkanes) is 3. The molecule has 0 aliphatic rings. The molecule has 0 unspecified atom stereocenters. The molecule has 0 saturated heterocycles. The molecule has 3 heteroatoms. The number of aryl methyl sites for hydroxylation is 1. The molecule has 0 fully saturated rings. The lowest BCUT2D eigenvalue weighted by atomic mass is 10.0. The minimum Gasteiger partial charge on any atom is -0.462 e. The highest BCUT2D eigenvalue weighted by atomic mass is 16.5. The second kappa shape index (κ2) is 8.62. The van der Waals surface area contributed by atoms with Crippen molar-refractivity contribution in [2.45, 2.75) is 46.0 Å². The topological polar surface area (TPSA) is 29.5 Å². The van der Waals surface area contributed by atoms with E-state index in [-0.39, 0.29) is 5.97 Å². The molecular weight excluding hydrogens is 250 g/mol. The molecular formula is C17H27NO2. The zero-order chi connectivity index (χ0) is 15.0. The maximum atomic E-state index is 12.1. The molecule has 0 aromatic heterocycles. The molecule has 0 spiro atoms. The van der Waals surface area contributed by atoms with Gasteiger partial charge in [-0.2, -0.15) is 0 Å². The molecule has 0 atom stereocenters. The number of ether oxygens (including phenoxy) is 1. The molecule has 0 heterocycles. The largest absolute Gasteiger partial charge is 0.462 e. The van der Waals surface area contributed by atoms with Crippen LogP contribution in [0, 0.1) is 0 Å². The average Bonchev–Trinajstić information content (AvgIpc) is 2.46. The van der Waals surface area contributed by atoms with Crippen molar-refractivity contribution >= 4 is 11.7 Å². The SMILES string of the molecule is CCCCCCOC(=O)c1ccc(N(C)C)cc1CC. The monoisotopic (exact) mass is 277 g/mol. The van der Waals surface area contributed by atoms with Crippen LogP contribution in [0.1, 0.15) is 55.5 Å². The third kappa shape index (κ3) is 4.87. The van der Waals surface area contributed by atoms with E-state index in [4.69, 9.17) is 4.74 Å². The number of carbonyl (C=O) groups is 1. The molecule has 1 aromatic rings. The van der Waals surface area contributed by atoms with E-state index in [2.05, 4.69) is 19.9 Å². The molecule has 0 aliphatic heterocycles. The third-order valence-electron chi connectivity index (χ3n) is 3.44. The molecule has 20 heavy (non-hydrogen) atoms. The number of carbonyl (C=O) groups excluding carboxylic acids is 1. The first-order valence-corrected chi connectivity index (χ1v) is 7.57. The van der Waals surface area contributed by atoms with Crippen molar-refractivity contribution in [1.82, 2.24) is 0 Å². The van der Waals surface area contributed by atoms with Gasteiger partial charge in [0.15, 0.2) is 0 Å². The summed E-state index contributed by atoms with van der Waals surface area (Å²) in [6.45, 7) is 4.76. The Morgan fingerprint density at radius 1 is 1.15 bits per heavy atom. The third-order valence-corrected chi connectivity index (χ3v) is 3.44. The van der Waals surface area contributed by atoms with Crippen molar-refractivity contribution < 1.29 is 9.53 Å². The van der Waals surface area contributed by atoms with Gasteiger partial charge < -0.3 is 9.64 Å². The zero-order valence-electron chi connectivity index (χ0n) is 13.2. The maximum absolute atomic E-state index is 12.1. The van der Waals surface area contributed by atoms with E-state index in [9.17, 15) is 4.79 Å². The number of esters is 1. The minimum absolute atomic E-state index is 0.191. The van der Waals surface area contributed by atoms with E-state index in [1.54, 1.807) is 0 Å². The minimum atomic E-state index is -0.191. The molecule has 0 amide bonds. The van der Waals surface area contributed by atoms with Crippen LogP contribution >= 0.6 is 0 Å². The lowest BCUT2D eigenvalue weighted by molar-refractivity contribution is 0.0496. The van der Waals surface area contributed by atoms with Crippen molar-refractivity contribution in [3.63, 3.8) is 0 Å². The first-order chi connectivity index (χ1) is 9.60. The van der Waals surface area contributed by atoms with Gasteiger partial charge in [0.1, 0.15) is 0 Å². The van der Waals surface area contributed by atoms with Crippen LogP contribution in [0.4, 0.5) is 5.69 Å². The Labute approximate surface area is 122 Å². The quantitative estimate of drug-likeness (QED) is 0.530. The van der Waals surface area contributed by atoms with Crippen molar-refractivity contribution in [3.05, 3.63) is 29.3 Å². The predicted octanol–water partition coefficient (Wildman–Crippen LogP) is 4.05. The number of hydrogen-bond acceptors (Lipinski definition) is 3. The summed E-state index contributed by atoms with van der Waals surface area (Å²) in [5.74, 6) is -0.191. The lowest BCUT2D eigenvalue weighted by Gasteiger charge is -2.15. The zero-order valence-corrected chi connectivity index (χ0v) is 13.2. The van der Waals surface area contributed by atoms with Gasteiger partial charge in [-0.3, -0.25) is 0 Å². The van der Waals surface area contributed by atoms with Crippen molar-refractivity contribution in [1.29, 1.82) is 0 Å². The first-order valence-electron chi connectivity index (χ1n) is 7.57. The van der Waals surface area contributed by atoms with Gasteiger partial charge in [0, 0.05) is 19.8 Å². The summed E-state index contributed by atoms with van der Waals surface area (Å²) in [5.41, 5.74) is 2.87. The van der Waals surface area contributed by atoms with Gasteiger partial charge in [0.25, 0.3) is 0 Å². The molecule has 112 valence electrons. The Morgan fingerprint density at radius 3 is 2.50 bits per heavy atom. The molecule has 3 nitrogen and oxygen atoms in total. The molecule has 0 bridgehead atoms. The molecule has 0 aliphatic carbocycles. The number of benzene rings is 1. The standard InChI is InChI=1S/C17H27NO2/c1-5-7-8-9-12-20-17(19)16-11-10-15(18(3)4)13-14(16)6-2/h10-11,13H,5-9,12H2,1-4H3. The van der Waals surface area contributed by atoms with Crippen LogP contribution < -0.4 is 4.90 Å². The highest BCUT2D eigenvalue weighted by Crippen LogP contribution is 2.19. The average molecular weight is 277 g/mol. The second-order valence-corrected chi connectivity index (χ2v) is 5.29. The van der Waals surface area contributed by atoms with E-state index >= 15 is 0 Å². The van der Waals surface area contributed by atoms with Gasteiger partial charge >= 0.3 is 5.97 Å². The van der Waals surface area contributed by atoms with E-state index in [1.165, 1.54) is 12.8 Å². The highest BCUT2D eigenvalue weighted by Gasteiger charge is 2.12. The fourth-order valence-corrected chi connectivity index (χ4v) is 2.12. The Morgan fingerprint density at radius 2 is 1.90 bits per heavy atom. The summed E-state index contributed by atoms with van der Waals surface area (Å²) >= 11 is 0. The summed E-state index contributed by atoms with van der Waals surface area (Å²) in [6, 6.07) is 5.91. The molecule has 0 N–H and O–H groups in total. The number of nitrogens with zero attached hydrogens (tertiary/aromatic N) is 1. The Bertz CT molecular complexity index is 427. The van der Waals surface area contributed by atoms with Crippen molar-refractivity contribution in [2.75, 3.05) is 25.6 Å². The van der Waals surface area contributed by atoms with Crippen LogP contribution in [-0.2, 0) is 11.2 Å². The highest BCUT2D eigenvalue weighted by molar-refractivity contribution is 5.91. The van der Waals surface area contributed by atoms with Crippen LogP contribution in [0.25, 0.3) is 0 Å². The second-order valence-electron chi connectivity index (χ2n) is 5.29. The van der Waals surface area contributed by atoms with Crippen LogP contribution in [0.5, 0.6) is 0 Å². The smallest absolute Gasteiger partial charge is 0.338 e. The fourth-order valence-electron chi connectivity index (χ4n) is 2.12. The normalized spacial score (nSPS) is 10.4. The Kier molecular flexibility index (Phi) is 7.13. The van der Waals surface area contributed by atoms with Crippen LogP contribution in [0.2, 0.25) is 0 Å². The van der Waals surface area contributed by atoms with Gasteiger partial charge in [-0.25, -0.2) is 4.79 Å². The number of rotatable bonds is 8. The summed E-state index contributed by atoms with van der Waals surface area (Å²) in [6.07, 6.45) is 5.32. The Hall–Kier alpha value is -1.51. The van der Waals surface area contributed by atoms with Crippen LogP contribution in [0.15, 0.2) is 18.2 Å².